The molecule has 0 aliphatic carbocycles. The van der Waals surface area contributed by atoms with Crippen molar-refractivity contribution < 1.29 is 17.7 Å². The van der Waals surface area contributed by atoms with Crippen LogP contribution in [0.5, 0.6) is 5.75 Å². The second-order valence-corrected chi connectivity index (χ2v) is 6.85. The number of halogens is 1. The zero-order valence-electron chi connectivity index (χ0n) is 10.7. The van der Waals surface area contributed by atoms with Crippen LogP contribution in [0.25, 0.3) is 0 Å². The SMILES string of the molecule is COc1ccc(C(I)c2ccc(S(=O)(=O)O)cc2)cc1. The Bertz CT molecular complexity index is 678. The summed E-state index contributed by atoms with van der Waals surface area (Å²) >= 11 is 2.28. The number of methoxy groups -OCH3 is 1. The monoisotopic (exact) mass is 404 g/mol. The van der Waals surface area contributed by atoms with Crippen molar-refractivity contribution in [2.75, 3.05) is 7.11 Å². The third-order valence-electron chi connectivity index (χ3n) is 2.88. The van der Waals surface area contributed by atoms with Crippen LogP contribution in [0.15, 0.2) is 53.4 Å². The van der Waals surface area contributed by atoms with E-state index in [1.54, 1.807) is 19.2 Å². The number of alkyl halides is 1. The summed E-state index contributed by atoms with van der Waals surface area (Å²) in [6, 6.07) is 13.9. The highest BCUT2D eigenvalue weighted by Gasteiger charge is 2.13. The topological polar surface area (TPSA) is 63.6 Å². The first-order chi connectivity index (χ1) is 9.41. The minimum absolute atomic E-state index is 0.0916. The van der Waals surface area contributed by atoms with Gasteiger partial charge >= 0.3 is 0 Å². The van der Waals surface area contributed by atoms with Gasteiger partial charge in [0.1, 0.15) is 5.75 Å². The van der Waals surface area contributed by atoms with Gasteiger partial charge in [-0.2, -0.15) is 8.42 Å². The third-order valence-corrected chi connectivity index (χ3v) is 5.19. The highest BCUT2D eigenvalue weighted by molar-refractivity contribution is 14.1. The van der Waals surface area contributed by atoms with E-state index in [4.69, 9.17) is 9.29 Å². The summed E-state index contributed by atoms with van der Waals surface area (Å²) in [5.41, 5.74) is 2.05. The molecule has 20 heavy (non-hydrogen) atoms. The number of benzene rings is 2. The second-order valence-electron chi connectivity index (χ2n) is 4.18. The largest absolute Gasteiger partial charge is 0.497 e. The molecule has 2 aromatic rings. The first kappa shape index (κ1) is 15.3. The Kier molecular flexibility index (Phi) is 4.66. The molecule has 0 saturated carbocycles. The van der Waals surface area contributed by atoms with Crippen molar-refractivity contribution >= 4 is 32.7 Å². The van der Waals surface area contributed by atoms with E-state index >= 15 is 0 Å². The van der Waals surface area contributed by atoms with Crippen LogP contribution in [-0.2, 0) is 10.1 Å². The minimum Gasteiger partial charge on any atom is -0.497 e. The molecule has 1 unspecified atom stereocenters. The van der Waals surface area contributed by atoms with E-state index in [0.29, 0.717) is 0 Å². The summed E-state index contributed by atoms with van der Waals surface area (Å²) in [5, 5.41) is 0. The first-order valence-electron chi connectivity index (χ1n) is 5.77. The van der Waals surface area contributed by atoms with Gasteiger partial charge in [-0.05, 0) is 35.4 Å². The molecule has 0 bridgehead atoms. The molecule has 1 atom stereocenters. The van der Waals surface area contributed by atoms with Crippen LogP contribution >= 0.6 is 22.6 Å². The van der Waals surface area contributed by atoms with Gasteiger partial charge in [-0.25, -0.2) is 0 Å². The lowest BCUT2D eigenvalue weighted by Crippen LogP contribution is -1.99. The molecule has 2 rings (SSSR count). The van der Waals surface area contributed by atoms with Gasteiger partial charge in [-0.1, -0.05) is 46.9 Å². The van der Waals surface area contributed by atoms with Crippen LogP contribution < -0.4 is 4.74 Å². The van der Waals surface area contributed by atoms with Gasteiger partial charge in [-0.3, -0.25) is 4.55 Å². The van der Waals surface area contributed by atoms with E-state index in [-0.39, 0.29) is 8.82 Å². The number of hydrogen-bond acceptors (Lipinski definition) is 3. The summed E-state index contributed by atoms with van der Waals surface area (Å²) in [6.07, 6.45) is 0. The molecule has 0 aliphatic rings. The quantitative estimate of drug-likeness (QED) is 0.482. The molecular formula is C14H13IO4S. The maximum absolute atomic E-state index is 11.0. The minimum atomic E-state index is -4.14. The number of hydrogen-bond donors (Lipinski definition) is 1. The molecule has 0 amide bonds. The van der Waals surface area contributed by atoms with Gasteiger partial charge in [0.2, 0.25) is 0 Å². The molecule has 0 aromatic heterocycles. The van der Waals surface area contributed by atoms with Gasteiger partial charge in [-0.15, -0.1) is 0 Å². The summed E-state index contributed by atoms with van der Waals surface area (Å²) in [6.45, 7) is 0. The van der Waals surface area contributed by atoms with Gasteiger partial charge in [0, 0.05) is 0 Å². The van der Waals surface area contributed by atoms with Crippen LogP contribution in [-0.4, -0.2) is 20.1 Å². The molecule has 1 N–H and O–H groups in total. The zero-order chi connectivity index (χ0) is 14.8. The van der Waals surface area contributed by atoms with Crippen molar-refractivity contribution in [2.24, 2.45) is 0 Å². The van der Waals surface area contributed by atoms with Gasteiger partial charge in [0.05, 0.1) is 15.9 Å². The fraction of sp³-hybridized carbons (Fsp3) is 0.143. The lowest BCUT2D eigenvalue weighted by Gasteiger charge is -2.12. The Morgan fingerprint density at radius 3 is 1.85 bits per heavy atom. The summed E-state index contributed by atoms with van der Waals surface area (Å²) in [7, 11) is -2.52. The molecule has 106 valence electrons. The predicted octanol–water partition coefficient (Wildman–Crippen LogP) is 3.47. The second kappa shape index (κ2) is 6.11. The van der Waals surface area contributed by atoms with Crippen LogP contribution in [0.2, 0.25) is 0 Å². The molecule has 2 aromatic carbocycles. The predicted molar refractivity (Wildman–Crippen MR) is 85.1 cm³/mol. The Labute approximate surface area is 131 Å². The normalized spacial score (nSPS) is 12.9. The van der Waals surface area contributed by atoms with Crippen molar-refractivity contribution in [3.05, 3.63) is 59.7 Å². The molecule has 0 fully saturated rings. The molecule has 0 saturated heterocycles. The summed E-state index contributed by atoms with van der Waals surface area (Å²) in [4.78, 5) is -0.0976. The molecular weight excluding hydrogens is 391 g/mol. The molecule has 0 heterocycles. The van der Waals surface area contributed by atoms with Crippen LogP contribution in [0.3, 0.4) is 0 Å². The fourth-order valence-corrected chi connectivity index (χ4v) is 3.08. The first-order valence-corrected chi connectivity index (χ1v) is 8.46. The lowest BCUT2D eigenvalue weighted by atomic mass is 10.1. The van der Waals surface area contributed by atoms with Crippen molar-refractivity contribution in [1.82, 2.24) is 0 Å². The Balaban J connectivity index is 2.26. The van der Waals surface area contributed by atoms with E-state index in [1.807, 2.05) is 24.3 Å². The zero-order valence-corrected chi connectivity index (χ0v) is 13.6. The average Bonchev–Trinajstić information content (AvgIpc) is 2.46. The molecule has 0 spiro atoms. The van der Waals surface area contributed by atoms with Gasteiger partial charge < -0.3 is 4.74 Å². The molecule has 6 heteroatoms. The van der Waals surface area contributed by atoms with Crippen LogP contribution in [0, 0.1) is 0 Å². The maximum atomic E-state index is 11.0. The standard InChI is InChI=1S/C14H13IO4S/c1-19-12-6-2-10(3-7-12)14(15)11-4-8-13(9-5-11)20(16,17)18/h2-9,14H,1H3,(H,16,17,18). The molecule has 0 radical (unpaired) electrons. The van der Waals surface area contributed by atoms with Crippen molar-refractivity contribution in [2.45, 2.75) is 8.82 Å². The van der Waals surface area contributed by atoms with Gasteiger partial charge in [0.15, 0.2) is 0 Å². The average molecular weight is 404 g/mol. The Hall–Kier alpha value is -1.12. The van der Waals surface area contributed by atoms with Crippen molar-refractivity contribution in [3.8, 4) is 5.75 Å². The van der Waals surface area contributed by atoms with E-state index < -0.39 is 10.1 Å². The summed E-state index contributed by atoms with van der Waals surface area (Å²) in [5.74, 6) is 0.791. The Morgan fingerprint density at radius 1 is 1.00 bits per heavy atom. The summed E-state index contributed by atoms with van der Waals surface area (Å²) < 4.78 is 36.1. The number of rotatable bonds is 4. The molecule has 4 nitrogen and oxygen atoms in total. The molecule has 0 aliphatic heterocycles. The highest BCUT2D eigenvalue weighted by atomic mass is 127. The van der Waals surface area contributed by atoms with Gasteiger partial charge in [0.25, 0.3) is 10.1 Å². The van der Waals surface area contributed by atoms with Crippen molar-refractivity contribution in [1.29, 1.82) is 0 Å². The fourth-order valence-electron chi connectivity index (χ4n) is 1.77. The smallest absolute Gasteiger partial charge is 0.294 e. The van der Waals surface area contributed by atoms with E-state index in [9.17, 15) is 8.42 Å². The Morgan fingerprint density at radius 2 is 1.45 bits per heavy atom. The van der Waals surface area contributed by atoms with E-state index in [0.717, 1.165) is 16.9 Å². The maximum Gasteiger partial charge on any atom is 0.294 e. The van der Waals surface area contributed by atoms with E-state index in [2.05, 4.69) is 22.6 Å². The third kappa shape index (κ3) is 3.50. The van der Waals surface area contributed by atoms with E-state index in [1.165, 1.54) is 12.1 Å². The van der Waals surface area contributed by atoms with Crippen molar-refractivity contribution in [3.63, 3.8) is 0 Å². The lowest BCUT2D eigenvalue weighted by molar-refractivity contribution is 0.414. The highest BCUT2D eigenvalue weighted by Crippen LogP contribution is 2.32. The van der Waals surface area contributed by atoms with Crippen LogP contribution in [0.4, 0.5) is 0 Å². The van der Waals surface area contributed by atoms with Crippen LogP contribution in [0.1, 0.15) is 15.1 Å². The number of ether oxygens (including phenoxy) is 1.